The van der Waals surface area contributed by atoms with Crippen molar-refractivity contribution in [3.63, 3.8) is 0 Å². The summed E-state index contributed by atoms with van der Waals surface area (Å²) in [4.78, 5) is 4.31. The summed E-state index contributed by atoms with van der Waals surface area (Å²) in [6.07, 6.45) is 1.54. The van der Waals surface area contributed by atoms with Crippen LogP contribution in [0.3, 0.4) is 0 Å². The van der Waals surface area contributed by atoms with E-state index in [1.165, 1.54) is 0 Å². The summed E-state index contributed by atoms with van der Waals surface area (Å²) in [5, 5.41) is 15.6. The van der Waals surface area contributed by atoms with Crippen LogP contribution in [-0.4, -0.2) is 12.5 Å². The highest BCUT2D eigenvalue weighted by molar-refractivity contribution is 6.33. The van der Waals surface area contributed by atoms with E-state index >= 15 is 0 Å². The molecule has 1 aromatic rings. The van der Waals surface area contributed by atoms with Gasteiger partial charge < -0.3 is 10.6 Å². The third-order valence-electron chi connectivity index (χ3n) is 2.90. The number of rotatable bonds is 2. The molecule has 0 aromatic heterocycles. The molecule has 1 atom stereocenters. The van der Waals surface area contributed by atoms with Gasteiger partial charge >= 0.3 is 0 Å². The summed E-state index contributed by atoms with van der Waals surface area (Å²) in [7, 11) is 0. The molecule has 2 N–H and O–H groups in total. The van der Waals surface area contributed by atoms with Gasteiger partial charge in [0.25, 0.3) is 0 Å². The van der Waals surface area contributed by atoms with Crippen LogP contribution in [0.1, 0.15) is 19.4 Å². The third kappa shape index (κ3) is 2.47. The summed E-state index contributed by atoms with van der Waals surface area (Å²) in [5.41, 5.74) is 3.50. The van der Waals surface area contributed by atoms with Crippen LogP contribution in [-0.2, 0) is 0 Å². The average Bonchev–Trinajstić information content (AvgIpc) is 2.37. The Hall–Kier alpha value is -1.99. The summed E-state index contributed by atoms with van der Waals surface area (Å²) in [6.45, 7) is 4.00. The molecule has 0 saturated carbocycles. The molecule has 0 radical (unpaired) electrons. The van der Waals surface area contributed by atoms with Gasteiger partial charge in [-0.3, -0.25) is 0 Å². The molecule has 0 saturated heterocycles. The highest BCUT2D eigenvalue weighted by Gasteiger charge is 2.15. The van der Waals surface area contributed by atoms with Crippen molar-refractivity contribution < 1.29 is 0 Å². The van der Waals surface area contributed by atoms with E-state index in [9.17, 15) is 0 Å². The van der Waals surface area contributed by atoms with Crippen molar-refractivity contribution in [3.8, 4) is 6.07 Å². The summed E-state index contributed by atoms with van der Waals surface area (Å²) in [5.74, 6) is 0. The normalized spacial score (nSPS) is 18.2. The number of hydrogen-bond donors (Lipinski definition) is 2. The molecule has 2 rings (SSSR count). The Morgan fingerprint density at radius 2 is 2.22 bits per heavy atom. The molecule has 5 heteroatoms. The monoisotopic (exact) mass is 260 g/mol. The predicted octanol–water partition coefficient (Wildman–Crippen LogP) is 2.88. The number of allylic oxidation sites excluding steroid dienone is 1. The molecule has 0 spiro atoms. The van der Waals surface area contributed by atoms with E-state index in [-0.39, 0.29) is 6.17 Å². The molecule has 1 heterocycles. The predicted molar refractivity (Wildman–Crippen MR) is 73.6 cm³/mol. The first-order chi connectivity index (χ1) is 8.61. The second-order valence-corrected chi connectivity index (χ2v) is 4.49. The Morgan fingerprint density at radius 3 is 2.89 bits per heavy atom. The first-order valence-corrected chi connectivity index (χ1v) is 5.91. The van der Waals surface area contributed by atoms with Crippen LogP contribution in [0, 0.1) is 11.3 Å². The molecule has 18 heavy (non-hydrogen) atoms. The van der Waals surface area contributed by atoms with Crippen LogP contribution < -0.4 is 10.6 Å². The van der Waals surface area contributed by atoms with Gasteiger partial charge in [0, 0.05) is 5.70 Å². The molecule has 92 valence electrons. The molecule has 0 aliphatic carbocycles. The maximum atomic E-state index is 8.78. The van der Waals surface area contributed by atoms with E-state index in [0.29, 0.717) is 10.6 Å². The quantitative estimate of drug-likeness (QED) is 0.860. The topological polar surface area (TPSA) is 60.2 Å². The second-order valence-electron chi connectivity index (χ2n) is 4.08. The van der Waals surface area contributed by atoms with Crippen molar-refractivity contribution in [3.05, 3.63) is 40.1 Å². The lowest BCUT2D eigenvalue weighted by Gasteiger charge is -2.23. The summed E-state index contributed by atoms with van der Waals surface area (Å²) in [6, 6.07) is 7.21. The lowest BCUT2D eigenvalue weighted by molar-refractivity contribution is 0.818. The molecule has 1 unspecified atom stereocenters. The molecule has 1 aliphatic rings. The number of hydrogen-bond acceptors (Lipinski definition) is 4. The zero-order valence-corrected chi connectivity index (χ0v) is 10.9. The van der Waals surface area contributed by atoms with Crippen molar-refractivity contribution in [1.29, 1.82) is 5.26 Å². The van der Waals surface area contributed by atoms with Gasteiger partial charge in [0.15, 0.2) is 0 Å². The zero-order valence-electron chi connectivity index (χ0n) is 10.2. The number of benzene rings is 1. The maximum Gasteiger partial charge on any atom is 0.144 e. The van der Waals surface area contributed by atoms with E-state index < -0.39 is 0 Å². The SMILES string of the molecule is CC1=C(C)C(Nc2ccc(C#N)cc2Cl)N=CN1. The largest absolute Gasteiger partial charge is 0.359 e. The fourth-order valence-corrected chi connectivity index (χ4v) is 1.87. The second kappa shape index (κ2) is 5.11. The van der Waals surface area contributed by atoms with Crippen LogP contribution in [0.25, 0.3) is 0 Å². The molecule has 0 fully saturated rings. The molecule has 4 nitrogen and oxygen atoms in total. The van der Waals surface area contributed by atoms with Crippen molar-refractivity contribution in [1.82, 2.24) is 5.32 Å². The fraction of sp³-hybridized carbons (Fsp3) is 0.231. The van der Waals surface area contributed by atoms with E-state index in [4.69, 9.17) is 16.9 Å². The molecular formula is C13H13ClN4. The fourth-order valence-electron chi connectivity index (χ4n) is 1.63. The van der Waals surface area contributed by atoms with E-state index in [2.05, 4.69) is 21.7 Å². The minimum absolute atomic E-state index is 0.128. The lowest BCUT2D eigenvalue weighted by Crippen LogP contribution is -2.28. The smallest absolute Gasteiger partial charge is 0.144 e. The van der Waals surface area contributed by atoms with E-state index in [1.54, 1.807) is 24.5 Å². The van der Waals surface area contributed by atoms with E-state index in [1.807, 2.05) is 13.8 Å². The number of nitrogens with one attached hydrogen (secondary N) is 2. The Labute approximate surface area is 111 Å². The zero-order chi connectivity index (χ0) is 13.1. The minimum atomic E-state index is -0.128. The molecular weight excluding hydrogens is 248 g/mol. The Kier molecular flexibility index (Phi) is 3.54. The third-order valence-corrected chi connectivity index (χ3v) is 3.21. The molecule has 0 bridgehead atoms. The molecule has 1 aromatic carbocycles. The number of nitrogens with zero attached hydrogens (tertiary/aromatic N) is 2. The molecule has 0 amide bonds. The van der Waals surface area contributed by atoms with E-state index in [0.717, 1.165) is 17.0 Å². The van der Waals surface area contributed by atoms with Gasteiger partial charge in [-0.25, -0.2) is 4.99 Å². The lowest BCUT2D eigenvalue weighted by atomic mass is 10.1. The Bertz CT molecular complexity index is 569. The summed E-state index contributed by atoms with van der Waals surface area (Å²) < 4.78 is 0. The maximum absolute atomic E-state index is 8.78. The number of halogens is 1. The van der Waals surface area contributed by atoms with Gasteiger partial charge in [0.2, 0.25) is 0 Å². The minimum Gasteiger partial charge on any atom is -0.359 e. The average molecular weight is 261 g/mol. The van der Waals surface area contributed by atoms with Crippen LogP contribution in [0.5, 0.6) is 0 Å². The van der Waals surface area contributed by atoms with Gasteiger partial charge in [-0.05, 0) is 37.6 Å². The van der Waals surface area contributed by atoms with Gasteiger partial charge in [0.05, 0.1) is 28.7 Å². The first-order valence-electron chi connectivity index (χ1n) is 5.53. The van der Waals surface area contributed by atoms with Gasteiger partial charge in [-0.1, -0.05) is 11.6 Å². The van der Waals surface area contributed by atoms with Gasteiger partial charge in [-0.15, -0.1) is 0 Å². The van der Waals surface area contributed by atoms with Crippen LogP contribution in [0.4, 0.5) is 5.69 Å². The van der Waals surface area contributed by atoms with Crippen molar-refractivity contribution in [2.45, 2.75) is 20.0 Å². The Morgan fingerprint density at radius 1 is 1.44 bits per heavy atom. The van der Waals surface area contributed by atoms with Crippen molar-refractivity contribution in [2.75, 3.05) is 5.32 Å². The van der Waals surface area contributed by atoms with Crippen molar-refractivity contribution in [2.24, 2.45) is 4.99 Å². The number of anilines is 1. The summed E-state index contributed by atoms with van der Waals surface area (Å²) >= 11 is 6.11. The van der Waals surface area contributed by atoms with Crippen LogP contribution in [0.15, 0.2) is 34.5 Å². The number of aliphatic imine (C=N–C) groups is 1. The van der Waals surface area contributed by atoms with Crippen LogP contribution >= 0.6 is 11.6 Å². The molecule has 1 aliphatic heterocycles. The van der Waals surface area contributed by atoms with Gasteiger partial charge in [-0.2, -0.15) is 5.26 Å². The van der Waals surface area contributed by atoms with Gasteiger partial charge in [0.1, 0.15) is 6.17 Å². The number of nitriles is 1. The van der Waals surface area contributed by atoms with Crippen LogP contribution in [0.2, 0.25) is 5.02 Å². The van der Waals surface area contributed by atoms with Crippen molar-refractivity contribution >= 4 is 23.6 Å². The Balaban J connectivity index is 2.22. The highest BCUT2D eigenvalue weighted by Crippen LogP contribution is 2.25. The first kappa shape index (κ1) is 12.5. The standard InChI is InChI=1S/C13H13ClN4/c1-8-9(2)16-7-17-13(8)18-12-4-3-10(6-15)5-11(12)14/h3-5,7,13,18H,1-2H3,(H,16,17). The highest BCUT2D eigenvalue weighted by atomic mass is 35.5.